The second-order valence-electron chi connectivity index (χ2n) is 11.1. The van der Waals surface area contributed by atoms with Gasteiger partial charge in [0.15, 0.2) is 0 Å². The summed E-state index contributed by atoms with van der Waals surface area (Å²) in [5.74, 6) is 1.78. The lowest BCUT2D eigenvalue weighted by Gasteiger charge is -2.35. The molecule has 0 aromatic heterocycles. The summed E-state index contributed by atoms with van der Waals surface area (Å²) in [5, 5.41) is 17.8. The molecule has 1 saturated heterocycles. The van der Waals surface area contributed by atoms with E-state index in [-0.39, 0.29) is 6.23 Å². The van der Waals surface area contributed by atoms with Crippen molar-refractivity contribution in [1.29, 1.82) is 0 Å². The van der Waals surface area contributed by atoms with E-state index in [9.17, 15) is 5.11 Å². The summed E-state index contributed by atoms with van der Waals surface area (Å²) in [4.78, 5) is 4.62. The molecule has 0 amide bonds. The highest BCUT2D eigenvalue weighted by atomic mass is 16.3. The maximum atomic E-state index is 10.5. The Balaban J connectivity index is 0.000000961. The number of nitrogens with one attached hydrogen (secondary N) is 2. The molecule has 5 nitrogen and oxygen atoms in total. The lowest BCUT2D eigenvalue weighted by atomic mass is 9.88. The van der Waals surface area contributed by atoms with E-state index in [1.54, 1.807) is 0 Å². The first-order valence-corrected chi connectivity index (χ1v) is 15.5. The number of likely N-dealkylation sites (N-methyl/N-ethyl adjacent to an activating group) is 1. The summed E-state index contributed by atoms with van der Waals surface area (Å²) in [7, 11) is 0. The Morgan fingerprint density at radius 1 is 0.829 bits per heavy atom. The normalized spacial score (nSPS) is 20.0. The first kappa shape index (κ1) is 34.8. The van der Waals surface area contributed by atoms with Crippen molar-refractivity contribution in [2.75, 3.05) is 45.8 Å². The Kier molecular flexibility index (Phi) is 22.8. The van der Waals surface area contributed by atoms with E-state index in [1.165, 1.54) is 57.8 Å². The molecule has 212 valence electrons. The van der Waals surface area contributed by atoms with E-state index in [4.69, 9.17) is 0 Å². The minimum atomic E-state index is -0.316. The second-order valence-corrected chi connectivity index (χ2v) is 11.1. The number of hydrogen-bond acceptors (Lipinski definition) is 5. The molecule has 3 atom stereocenters. The molecule has 0 spiro atoms. The Labute approximate surface area is 221 Å². The summed E-state index contributed by atoms with van der Waals surface area (Å²) in [5.41, 5.74) is 0. The summed E-state index contributed by atoms with van der Waals surface area (Å²) in [6.45, 7) is 24.4. The van der Waals surface area contributed by atoms with Crippen molar-refractivity contribution in [3.05, 3.63) is 0 Å². The molecule has 35 heavy (non-hydrogen) atoms. The van der Waals surface area contributed by atoms with Gasteiger partial charge in [0.1, 0.15) is 6.23 Å². The molecule has 1 heterocycles. The van der Waals surface area contributed by atoms with Gasteiger partial charge in [0.25, 0.3) is 0 Å². The fourth-order valence-corrected chi connectivity index (χ4v) is 5.05. The van der Waals surface area contributed by atoms with Crippen molar-refractivity contribution in [2.45, 2.75) is 138 Å². The van der Waals surface area contributed by atoms with Gasteiger partial charge in [0, 0.05) is 44.8 Å². The predicted molar refractivity (Wildman–Crippen MR) is 156 cm³/mol. The SMILES string of the molecule is CC.CCC(CNC(C)CN(CC)CC(O)N1CCCCC1)NCC(C)C.CCC1CCCCC1. The number of piperidine rings is 1. The van der Waals surface area contributed by atoms with Crippen molar-refractivity contribution < 1.29 is 5.11 Å². The smallest absolute Gasteiger partial charge is 0.120 e. The Hall–Kier alpha value is -0.200. The van der Waals surface area contributed by atoms with Crippen LogP contribution in [0, 0.1) is 11.8 Å². The van der Waals surface area contributed by atoms with Gasteiger partial charge in [-0.25, -0.2) is 0 Å². The van der Waals surface area contributed by atoms with Crippen molar-refractivity contribution in [1.82, 2.24) is 20.4 Å². The molecular weight excluding hydrogens is 432 g/mol. The number of likely N-dealkylation sites (tertiary alicyclic amines) is 1. The zero-order valence-corrected chi connectivity index (χ0v) is 25.2. The van der Waals surface area contributed by atoms with Gasteiger partial charge in [-0.3, -0.25) is 9.80 Å². The molecule has 0 bridgehead atoms. The van der Waals surface area contributed by atoms with Gasteiger partial charge in [-0.1, -0.05) is 93.4 Å². The third kappa shape index (κ3) is 17.8. The van der Waals surface area contributed by atoms with Crippen molar-refractivity contribution in [3.63, 3.8) is 0 Å². The lowest BCUT2D eigenvalue weighted by molar-refractivity contribution is -0.0306. The number of nitrogens with zero attached hydrogens (tertiary/aromatic N) is 2. The predicted octanol–water partition coefficient (Wildman–Crippen LogP) is 6.12. The van der Waals surface area contributed by atoms with E-state index in [0.717, 1.165) is 58.2 Å². The van der Waals surface area contributed by atoms with Gasteiger partial charge in [0.2, 0.25) is 0 Å². The quantitative estimate of drug-likeness (QED) is 0.269. The fraction of sp³-hybridized carbons (Fsp3) is 1.00. The van der Waals surface area contributed by atoms with E-state index in [0.29, 0.717) is 18.0 Å². The maximum Gasteiger partial charge on any atom is 0.120 e. The van der Waals surface area contributed by atoms with Gasteiger partial charge in [-0.15, -0.1) is 0 Å². The van der Waals surface area contributed by atoms with Gasteiger partial charge in [-0.05, 0) is 51.1 Å². The Bertz CT molecular complexity index is 436. The van der Waals surface area contributed by atoms with Crippen LogP contribution in [0.5, 0.6) is 0 Å². The minimum absolute atomic E-state index is 0.316. The highest BCUT2D eigenvalue weighted by Gasteiger charge is 2.21. The van der Waals surface area contributed by atoms with E-state index in [2.05, 4.69) is 62.0 Å². The van der Waals surface area contributed by atoms with Gasteiger partial charge in [-0.2, -0.15) is 0 Å². The fourth-order valence-electron chi connectivity index (χ4n) is 5.05. The first-order chi connectivity index (χ1) is 16.9. The number of aliphatic hydroxyl groups is 1. The highest BCUT2D eigenvalue weighted by molar-refractivity contribution is 4.76. The first-order valence-electron chi connectivity index (χ1n) is 15.5. The van der Waals surface area contributed by atoms with Gasteiger partial charge in [0.05, 0.1) is 0 Å². The lowest BCUT2D eigenvalue weighted by Crippen LogP contribution is -2.50. The average molecular weight is 499 g/mol. The Morgan fingerprint density at radius 3 is 1.91 bits per heavy atom. The maximum absolute atomic E-state index is 10.5. The number of aliphatic hydroxyl groups excluding tert-OH is 1. The molecule has 0 aromatic rings. The average Bonchev–Trinajstić information content (AvgIpc) is 2.90. The van der Waals surface area contributed by atoms with Crippen molar-refractivity contribution in [2.24, 2.45) is 11.8 Å². The van der Waals surface area contributed by atoms with Crippen molar-refractivity contribution >= 4 is 0 Å². The summed E-state index contributed by atoms with van der Waals surface area (Å²) in [6.07, 6.45) is 13.5. The summed E-state index contributed by atoms with van der Waals surface area (Å²) < 4.78 is 0. The third-order valence-corrected chi connectivity index (χ3v) is 7.54. The molecule has 1 saturated carbocycles. The van der Waals surface area contributed by atoms with Crippen LogP contribution in [0.15, 0.2) is 0 Å². The van der Waals surface area contributed by atoms with Crippen LogP contribution >= 0.6 is 0 Å². The number of hydrogen-bond donors (Lipinski definition) is 3. The highest BCUT2D eigenvalue weighted by Crippen LogP contribution is 2.25. The molecule has 0 radical (unpaired) electrons. The molecule has 2 aliphatic rings. The third-order valence-electron chi connectivity index (χ3n) is 7.54. The summed E-state index contributed by atoms with van der Waals surface area (Å²) in [6, 6.07) is 0.974. The topological polar surface area (TPSA) is 50.8 Å². The number of rotatable bonds is 14. The standard InChI is InChI=1S/C20H44N4O.C8H16.C2H6/c1-6-19(22-13-17(3)4)14-21-18(5)15-23(7-2)16-20(25)24-11-9-8-10-12-24;1-2-8-6-4-3-5-7-8;1-2/h17-22,25H,6-16H2,1-5H3;8H,2-7H2,1H3;1-2H3. The second kappa shape index (κ2) is 23.0. The summed E-state index contributed by atoms with van der Waals surface area (Å²) >= 11 is 0. The van der Waals surface area contributed by atoms with Crippen LogP contribution in [0.3, 0.4) is 0 Å². The monoisotopic (exact) mass is 499 g/mol. The minimum Gasteiger partial charge on any atom is -0.377 e. The molecule has 1 aliphatic carbocycles. The van der Waals surface area contributed by atoms with Crippen LogP contribution in [0.25, 0.3) is 0 Å². The van der Waals surface area contributed by atoms with E-state index in [1.807, 2.05) is 13.8 Å². The molecule has 2 rings (SSSR count). The molecule has 5 heteroatoms. The van der Waals surface area contributed by atoms with Crippen molar-refractivity contribution in [3.8, 4) is 0 Å². The molecule has 2 fully saturated rings. The molecule has 3 unspecified atom stereocenters. The van der Waals surface area contributed by atoms with Crippen LogP contribution in [0.4, 0.5) is 0 Å². The van der Waals surface area contributed by atoms with Crippen LogP contribution < -0.4 is 10.6 Å². The van der Waals surface area contributed by atoms with E-state index < -0.39 is 0 Å². The zero-order valence-electron chi connectivity index (χ0n) is 25.2. The van der Waals surface area contributed by atoms with Gasteiger partial charge >= 0.3 is 0 Å². The molecular formula is C30H66N4O. The van der Waals surface area contributed by atoms with Crippen LogP contribution in [-0.4, -0.2) is 79.0 Å². The molecule has 0 aromatic carbocycles. The van der Waals surface area contributed by atoms with Gasteiger partial charge < -0.3 is 15.7 Å². The Morgan fingerprint density at radius 2 is 1.43 bits per heavy atom. The van der Waals surface area contributed by atoms with E-state index >= 15 is 0 Å². The largest absolute Gasteiger partial charge is 0.377 e. The van der Waals surface area contributed by atoms with Crippen LogP contribution in [0.1, 0.15) is 120 Å². The zero-order chi connectivity index (χ0) is 26.5. The molecule has 1 aliphatic heterocycles. The molecule has 3 N–H and O–H groups in total. The van der Waals surface area contributed by atoms with Crippen LogP contribution in [-0.2, 0) is 0 Å². The van der Waals surface area contributed by atoms with Crippen LogP contribution in [0.2, 0.25) is 0 Å².